The standard InChI is InChI=1S/C16H16IN2O4/c1-9(20)7-17-11-3-2-10-8-19(16(23)12(10)6-11)13-4-5-14(21)18-15(13)22/h2-3,6,13H,4-5,7-8H2,1H3,(H,18,21,22)/q-1. The summed E-state index contributed by atoms with van der Waals surface area (Å²) < 4.78 is 1.61. The molecular formula is C16H16IN2O4-. The van der Waals surface area contributed by atoms with Crippen LogP contribution in [0.5, 0.6) is 0 Å². The minimum atomic E-state index is -0.581. The Labute approximate surface area is 143 Å². The Morgan fingerprint density at radius 2 is 2.13 bits per heavy atom. The maximum atomic E-state index is 12.6. The summed E-state index contributed by atoms with van der Waals surface area (Å²) in [5, 5.41) is 2.29. The van der Waals surface area contributed by atoms with E-state index in [9.17, 15) is 19.2 Å². The molecular weight excluding hydrogens is 411 g/mol. The molecule has 2 aliphatic heterocycles. The predicted octanol–water partition coefficient (Wildman–Crippen LogP) is -2.70. The van der Waals surface area contributed by atoms with E-state index in [-0.39, 0.29) is 24.0 Å². The average molecular weight is 427 g/mol. The first-order valence-electron chi connectivity index (χ1n) is 7.32. The van der Waals surface area contributed by atoms with E-state index >= 15 is 0 Å². The van der Waals surface area contributed by atoms with Crippen LogP contribution in [-0.4, -0.2) is 38.9 Å². The third-order valence-corrected chi connectivity index (χ3v) is 6.91. The van der Waals surface area contributed by atoms with Gasteiger partial charge in [0.2, 0.25) is 0 Å². The predicted molar refractivity (Wildman–Crippen MR) is 76.7 cm³/mol. The van der Waals surface area contributed by atoms with Crippen LogP contribution in [-0.2, 0) is 20.9 Å². The molecule has 6 nitrogen and oxygen atoms in total. The van der Waals surface area contributed by atoms with E-state index in [2.05, 4.69) is 5.32 Å². The van der Waals surface area contributed by atoms with E-state index in [1.54, 1.807) is 11.8 Å². The molecule has 23 heavy (non-hydrogen) atoms. The molecule has 2 heterocycles. The normalized spacial score (nSPS) is 20.7. The summed E-state index contributed by atoms with van der Waals surface area (Å²) in [6.07, 6.45) is 0.625. The molecule has 1 fully saturated rings. The van der Waals surface area contributed by atoms with Crippen LogP contribution in [0.1, 0.15) is 35.7 Å². The van der Waals surface area contributed by atoms with Crippen molar-refractivity contribution in [1.82, 2.24) is 10.2 Å². The van der Waals surface area contributed by atoms with Gasteiger partial charge in [-0.3, -0.25) is 0 Å². The van der Waals surface area contributed by atoms with E-state index < -0.39 is 33.2 Å². The molecule has 1 unspecified atom stereocenters. The number of carbonyl (C=O) groups is 4. The van der Waals surface area contributed by atoms with Gasteiger partial charge in [0, 0.05) is 0 Å². The number of imide groups is 1. The van der Waals surface area contributed by atoms with Crippen molar-refractivity contribution in [2.24, 2.45) is 0 Å². The molecule has 0 bridgehead atoms. The number of rotatable bonds is 4. The summed E-state index contributed by atoms with van der Waals surface area (Å²) >= 11 is -0.430. The second kappa shape index (κ2) is 6.38. The van der Waals surface area contributed by atoms with Crippen molar-refractivity contribution >= 4 is 23.5 Å². The van der Waals surface area contributed by atoms with Crippen LogP contribution in [0.4, 0.5) is 0 Å². The third-order valence-electron chi connectivity index (χ3n) is 3.90. The number of nitrogens with one attached hydrogen (secondary N) is 1. The summed E-state index contributed by atoms with van der Waals surface area (Å²) in [6, 6.07) is 5.16. The Kier molecular flexibility index (Phi) is 4.47. The maximum absolute atomic E-state index is 12.6. The van der Waals surface area contributed by atoms with Crippen LogP contribution in [0.25, 0.3) is 0 Å². The van der Waals surface area contributed by atoms with Gasteiger partial charge in [-0.15, -0.1) is 0 Å². The van der Waals surface area contributed by atoms with E-state index in [0.717, 1.165) is 9.13 Å². The molecule has 2 aliphatic rings. The number of hydrogen-bond donors (Lipinski definition) is 1. The van der Waals surface area contributed by atoms with Crippen LogP contribution < -0.4 is 26.5 Å². The van der Waals surface area contributed by atoms with Gasteiger partial charge in [0.1, 0.15) is 0 Å². The number of benzene rings is 1. The Hall–Kier alpha value is -1.77. The van der Waals surface area contributed by atoms with Crippen molar-refractivity contribution in [1.29, 1.82) is 0 Å². The first-order chi connectivity index (χ1) is 11.0. The zero-order valence-corrected chi connectivity index (χ0v) is 14.8. The molecule has 122 valence electrons. The third kappa shape index (κ3) is 3.29. The van der Waals surface area contributed by atoms with E-state index in [1.807, 2.05) is 18.2 Å². The second-order valence-electron chi connectivity index (χ2n) is 5.67. The second-order valence-corrected chi connectivity index (χ2v) is 8.44. The van der Waals surface area contributed by atoms with Crippen LogP contribution in [0, 0.1) is 3.57 Å². The number of carbonyl (C=O) groups excluding carboxylic acids is 4. The summed E-state index contributed by atoms with van der Waals surface area (Å²) in [5.74, 6) is -0.684. The SMILES string of the molecule is CC(=O)C[I-]c1ccc2c(c1)C(=O)N(C1CCC(=O)NC1=O)C2. The van der Waals surface area contributed by atoms with Crippen molar-refractivity contribution < 1.29 is 40.4 Å². The van der Waals surface area contributed by atoms with Gasteiger partial charge in [-0.25, -0.2) is 0 Å². The Balaban J connectivity index is 1.78. The average Bonchev–Trinajstić information content (AvgIpc) is 2.82. The molecule has 1 aromatic rings. The number of halogens is 1. The van der Waals surface area contributed by atoms with Gasteiger partial charge in [-0.05, 0) is 0 Å². The molecule has 7 heteroatoms. The van der Waals surface area contributed by atoms with Crippen LogP contribution in [0.15, 0.2) is 18.2 Å². The minimum absolute atomic E-state index is 0.162. The van der Waals surface area contributed by atoms with E-state index in [4.69, 9.17) is 0 Å². The van der Waals surface area contributed by atoms with Crippen molar-refractivity contribution in [3.63, 3.8) is 0 Å². The molecule has 3 amide bonds. The number of amides is 3. The molecule has 1 aromatic carbocycles. The number of fused-ring (bicyclic) bond motifs is 1. The summed E-state index contributed by atoms with van der Waals surface area (Å²) in [6.45, 7) is 1.97. The fourth-order valence-corrected chi connectivity index (χ4v) is 4.72. The summed E-state index contributed by atoms with van der Waals surface area (Å²) in [5.41, 5.74) is 1.52. The van der Waals surface area contributed by atoms with Crippen LogP contribution >= 0.6 is 0 Å². The van der Waals surface area contributed by atoms with Gasteiger partial charge in [0.25, 0.3) is 0 Å². The first kappa shape index (κ1) is 16.1. The Morgan fingerprint density at radius 1 is 1.35 bits per heavy atom. The Morgan fingerprint density at radius 3 is 2.83 bits per heavy atom. The molecule has 0 radical (unpaired) electrons. The number of alkyl halides is 1. The molecule has 1 N–H and O–H groups in total. The van der Waals surface area contributed by atoms with Gasteiger partial charge in [-0.2, -0.15) is 0 Å². The summed E-state index contributed by atoms with van der Waals surface area (Å²) in [4.78, 5) is 48.5. The molecule has 3 rings (SSSR count). The topological polar surface area (TPSA) is 83.6 Å². The molecule has 1 saturated heterocycles. The number of hydrogen-bond acceptors (Lipinski definition) is 4. The molecule has 0 aromatic heterocycles. The molecule has 0 saturated carbocycles. The van der Waals surface area contributed by atoms with Crippen LogP contribution in [0.2, 0.25) is 0 Å². The quantitative estimate of drug-likeness (QED) is 0.322. The zero-order valence-electron chi connectivity index (χ0n) is 12.6. The van der Waals surface area contributed by atoms with E-state index in [0.29, 0.717) is 23.0 Å². The summed E-state index contributed by atoms with van der Waals surface area (Å²) in [7, 11) is 0. The first-order valence-corrected chi connectivity index (χ1v) is 9.92. The van der Waals surface area contributed by atoms with Gasteiger partial charge >= 0.3 is 144 Å². The van der Waals surface area contributed by atoms with Gasteiger partial charge in [0.05, 0.1) is 0 Å². The van der Waals surface area contributed by atoms with Crippen molar-refractivity contribution in [3.05, 3.63) is 32.9 Å². The number of Topliss-reactive ketones (excluding diaryl/α,β-unsaturated/α-hetero) is 1. The molecule has 0 aliphatic carbocycles. The van der Waals surface area contributed by atoms with Crippen LogP contribution in [0.3, 0.4) is 0 Å². The number of piperidine rings is 1. The van der Waals surface area contributed by atoms with Crippen molar-refractivity contribution in [2.45, 2.75) is 32.4 Å². The molecule has 0 spiro atoms. The number of nitrogens with zero attached hydrogens (tertiary/aromatic N) is 1. The fraction of sp³-hybridized carbons (Fsp3) is 0.375. The monoisotopic (exact) mass is 427 g/mol. The van der Waals surface area contributed by atoms with Gasteiger partial charge in [-0.1, -0.05) is 0 Å². The molecule has 1 atom stereocenters. The Bertz CT molecular complexity index is 716. The van der Waals surface area contributed by atoms with Gasteiger partial charge in [0.15, 0.2) is 0 Å². The fourth-order valence-electron chi connectivity index (χ4n) is 2.78. The zero-order chi connectivity index (χ0) is 16.6. The van der Waals surface area contributed by atoms with Crippen molar-refractivity contribution in [3.8, 4) is 0 Å². The van der Waals surface area contributed by atoms with Gasteiger partial charge < -0.3 is 0 Å². The van der Waals surface area contributed by atoms with Crippen molar-refractivity contribution in [2.75, 3.05) is 4.43 Å². The van der Waals surface area contributed by atoms with E-state index in [1.165, 1.54) is 0 Å². The number of ketones is 1.